The van der Waals surface area contributed by atoms with Crippen molar-refractivity contribution in [2.45, 2.75) is 6.04 Å². The van der Waals surface area contributed by atoms with Crippen LogP contribution in [0, 0.1) is 18.3 Å². The molecule has 1 rings (SSSR count). The van der Waals surface area contributed by atoms with Gasteiger partial charge in [0.1, 0.15) is 0 Å². The molecule has 1 amide bonds. The molecule has 1 aliphatic rings. The maximum Gasteiger partial charge on any atom is 0.310 e. The van der Waals surface area contributed by atoms with Crippen molar-refractivity contribution in [3.8, 4) is 12.3 Å². The summed E-state index contributed by atoms with van der Waals surface area (Å²) >= 11 is 0. The molecule has 0 saturated carbocycles. The van der Waals surface area contributed by atoms with Crippen molar-refractivity contribution in [1.29, 1.82) is 0 Å². The van der Waals surface area contributed by atoms with E-state index in [1.165, 1.54) is 0 Å². The Bertz CT molecular complexity index is 337. The van der Waals surface area contributed by atoms with Gasteiger partial charge in [-0.05, 0) is 7.05 Å². The molecule has 6 nitrogen and oxygen atoms in total. The largest absolute Gasteiger partial charge is 0.481 e. The lowest BCUT2D eigenvalue weighted by molar-refractivity contribution is -0.143. The van der Waals surface area contributed by atoms with Crippen molar-refractivity contribution < 1.29 is 19.4 Å². The molecule has 1 saturated heterocycles. The third kappa shape index (κ3) is 3.73. The zero-order valence-electron chi connectivity index (χ0n) is 9.68. The van der Waals surface area contributed by atoms with Gasteiger partial charge in [-0.2, -0.15) is 0 Å². The molecule has 1 heterocycles. The maximum absolute atomic E-state index is 11.4. The first kappa shape index (κ1) is 13.5. The number of ether oxygens (including phenoxy) is 1. The van der Waals surface area contributed by atoms with Gasteiger partial charge in [-0.3, -0.25) is 14.5 Å². The molecule has 0 bridgehead atoms. The third-order valence-electron chi connectivity index (χ3n) is 2.71. The summed E-state index contributed by atoms with van der Waals surface area (Å²) in [5.41, 5.74) is 0. The fourth-order valence-corrected chi connectivity index (χ4v) is 1.76. The molecule has 0 aromatic rings. The Hall–Kier alpha value is -1.58. The van der Waals surface area contributed by atoms with Gasteiger partial charge in [0.05, 0.1) is 32.2 Å². The Morgan fingerprint density at radius 2 is 2.29 bits per heavy atom. The van der Waals surface area contributed by atoms with E-state index in [2.05, 4.69) is 11.2 Å². The molecule has 0 aromatic carbocycles. The number of nitrogens with zero attached hydrogens (tertiary/aromatic N) is 1. The minimum absolute atomic E-state index is 0.111. The molecule has 94 valence electrons. The second kappa shape index (κ2) is 6.23. The highest BCUT2D eigenvalue weighted by Crippen LogP contribution is 2.18. The zero-order valence-corrected chi connectivity index (χ0v) is 9.68. The number of terminal acetylenes is 1. The summed E-state index contributed by atoms with van der Waals surface area (Å²) in [6.07, 6.45) is 5.02. The molecule has 6 heteroatoms. The predicted molar refractivity (Wildman–Crippen MR) is 60.2 cm³/mol. The summed E-state index contributed by atoms with van der Waals surface area (Å²) in [6.45, 7) is 0.807. The van der Waals surface area contributed by atoms with Gasteiger partial charge in [0.2, 0.25) is 5.91 Å². The van der Waals surface area contributed by atoms with Crippen LogP contribution in [0.1, 0.15) is 0 Å². The molecule has 2 atom stereocenters. The van der Waals surface area contributed by atoms with Gasteiger partial charge in [-0.1, -0.05) is 5.92 Å². The Kier molecular flexibility index (Phi) is 4.94. The van der Waals surface area contributed by atoms with Crippen LogP contribution in [0.2, 0.25) is 0 Å². The lowest BCUT2D eigenvalue weighted by Crippen LogP contribution is -2.45. The number of hydrogen-bond acceptors (Lipinski definition) is 4. The fourth-order valence-electron chi connectivity index (χ4n) is 1.76. The summed E-state index contributed by atoms with van der Waals surface area (Å²) in [6, 6.07) is -0.274. The highest BCUT2D eigenvalue weighted by Gasteiger charge is 2.36. The first-order valence-electron chi connectivity index (χ1n) is 5.27. The van der Waals surface area contributed by atoms with Crippen LogP contribution in [0.4, 0.5) is 0 Å². The minimum atomic E-state index is -0.900. The molecule has 2 N–H and O–H groups in total. The van der Waals surface area contributed by atoms with Gasteiger partial charge in [0.25, 0.3) is 0 Å². The highest BCUT2D eigenvalue weighted by molar-refractivity contribution is 5.78. The van der Waals surface area contributed by atoms with E-state index >= 15 is 0 Å². The van der Waals surface area contributed by atoms with Gasteiger partial charge >= 0.3 is 5.97 Å². The Labute approximate surface area is 99.9 Å². The van der Waals surface area contributed by atoms with Gasteiger partial charge in [0, 0.05) is 6.04 Å². The number of nitrogens with one attached hydrogen (secondary N) is 1. The van der Waals surface area contributed by atoms with Crippen molar-refractivity contribution in [3.05, 3.63) is 0 Å². The van der Waals surface area contributed by atoms with Crippen LogP contribution in [-0.2, 0) is 14.3 Å². The normalized spacial score (nSPS) is 23.4. The molecule has 0 spiro atoms. The number of carbonyl (C=O) groups excluding carboxylic acids is 1. The number of likely N-dealkylation sites (N-methyl/N-ethyl adjacent to an activating group) is 1. The maximum atomic E-state index is 11.4. The summed E-state index contributed by atoms with van der Waals surface area (Å²) < 4.78 is 5.13. The number of carbonyl (C=O) groups is 2. The average molecular weight is 240 g/mol. The molecule has 0 aliphatic carbocycles. The summed E-state index contributed by atoms with van der Waals surface area (Å²) in [4.78, 5) is 24.0. The van der Waals surface area contributed by atoms with E-state index in [0.29, 0.717) is 6.61 Å². The summed E-state index contributed by atoms with van der Waals surface area (Å²) in [7, 11) is 1.70. The number of hydrogen-bond donors (Lipinski definition) is 2. The van der Waals surface area contributed by atoms with Gasteiger partial charge < -0.3 is 15.2 Å². The van der Waals surface area contributed by atoms with Crippen molar-refractivity contribution in [3.63, 3.8) is 0 Å². The van der Waals surface area contributed by atoms with Crippen LogP contribution in [0.15, 0.2) is 0 Å². The van der Waals surface area contributed by atoms with E-state index in [4.69, 9.17) is 16.3 Å². The van der Waals surface area contributed by atoms with Crippen LogP contribution < -0.4 is 5.32 Å². The van der Waals surface area contributed by atoms with E-state index in [9.17, 15) is 9.59 Å². The zero-order chi connectivity index (χ0) is 12.8. The van der Waals surface area contributed by atoms with Crippen LogP contribution in [-0.4, -0.2) is 61.3 Å². The molecular weight excluding hydrogens is 224 g/mol. The van der Waals surface area contributed by atoms with E-state index in [1.807, 2.05) is 0 Å². The summed E-state index contributed by atoms with van der Waals surface area (Å²) in [5, 5.41) is 11.5. The lowest BCUT2D eigenvalue weighted by atomic mass is 10.0. The second-order valence-corrected chi connectivity index (χ2v) is 3.95. The van der Waals surface area contributed by atoms with Gasteiger partial charge in [0.15, 0.2) is 0 Å². The van der Waals surface area contributed by atoms with Crippen LogP contribution >= 0.6 is 0 Å². The first-order valence-corrected chi connectivity index (χ1v) is 5.27. The van der Waals surface area contributed by atoms with E-state index in [0.717, 1.165) is 0 Å². The predicted octanol–water partition coefficient (Wildman–Crippen LogP) is -1.23. The Morgan fingerprint density at radius 3 is 2.88 bits per heavy atom. The average Bonchev–Trinajstić information content (AvgIpc) is 2.75. The molecule has 1 aliphatic heterocycles. The van der Waals surface area contributed by atoms with Crippen molar-refractivity contribution >= 4 is 11.9 Å². The summed E-state index contributed by atoms with van der Waals surface area (Å²) in [5.74, 6) is 0.596. The minimum Gasteiger partial charge on any atom is -0.481 e. The molecule has 2 unspecified atom stereocenters. The van der Waals surface area contributed by atoms with E-state index < -0.39 is 11.9 Å². The second-order valence-electron chi connectivity index (χ2n) is 3.95. The van der Waals surface area contributed by atoms with Crippen LogP contribution in [0.5, 0.6) is 0 Å². The lowest BCUT2D eigenvalue weighted by Gasteiger charge is -2.25. The molecule has 0 radical (unpaired) electrons. The Balaban J connectivity index is 2.46. The van der Waals surface area contributed by atoms with Crippen molar-refractivity contribution in [2.75, 3.05) is 33.4 Å². The standard InChI is InChI=1S/C11H16N2O4/c1-3-4-12-10(14)5-13(2)9-7-17-6-8(9)11(15)16/h1,8-9H,4-7H2,2H3,(H,12,14)(H,15,16). The van der Waals surface area contributed by atoms with E-state index in [1.54, 1.807) is 11.9 Å². The molecule has 17 heavy (non-hydrogen) atoms. The molecule has 1 fully saturated rings. The van der Waals surface area contributed by atoms with Crippen molar-refractivity contribution in [1.82, 2.24) is 10.2 Å². The topological polar surface area (TPSA) is 78.9 Å². The smallest absolute Gasteiger partial charge is 0.310 e. The van der Waals surface area contributed by atoms with Gasteiger partial charge in [-0.25, -0.2) is 0 Å². The van der Waals surface area contributed by atoms with Gasteiger partial charge in [-0.15, -0.1) is 6.42 Å². The molecular formula is C11H16N2O4. The van der Waals surface area contributed by atoms with Crippen molar-refractivity contribution in [2.24, 2.45) is 5.92 Å². The number of amides is 1. The SMILES string of the molecule is C#CCNC(=O)CN(C)C1COCC1C(=O)O. The van der Waals surface area contributed by atoms with Crippen LogP contribution in [0.25, 0.3) is 0 Å². The fraction of sp³-hybridized carbons (Fsp3) is 0.636. The number of aliphatic carboxylic acids is 1. The third-order valence-corrected chi connectivity index (χ3v) is 2.71. The monoisotopic (exact) mass is 240 g/mol. The molecule has 0 aromatic heterocycles. The number of carboxylic acids is 1. The Morgan fingerprint density at radius 1 is 1.59 bits per heavy atom. The highest BCUT2D eigenvalue weighted by atomic mass is 16.5. The first-order chi connectivity index (χ1) is 8.06. The quantitative estimate of drug-likeness (QED) is 0.588. The van der Waals surface area contributed by atoms with E-state index in [-0.39, 0.29) is 31.6 Å². The number of rotatable bonds is 5. The van der Waals surface area contributed by atoms with Crippen LogP contribution in [0.3, 0.4) is 0 Å². The number of carboxylic acid groups (broad SMARTS) is 1.